The molecule has 2 rings (SSSR count). The van der Waals surface area contributed by atoms with Crippen LogP contribution in [0.1, 0.15) is 13.3 Å². The number of benzene rings is 1. The Balaban J connectivity index is 2.25. The molecular weight excluding hydrogens is 287 g/mol. The Morgan fingerprint density at radius 2 is 2.30 bits per heavy atom. The fraction of sp³-hybridized carbons (Fsp3) is 0.333. The van der Waals surface area contributed by atoms with Crippen molar-refractivity contribution in [2.75, 3.05) is 0 Å². The van der Waals surface area contributed by atoms with Crippen LogP contribution in [-0.2, 0) is 11.3 Å². The van der Waals surface area contributed by atoms with E-state index in [1.54, 1.807) is 13.0 Å². The fourth-order valence-corrected chi connectivity index (χ4v) is 1.84. The average molecular weight is 299 g/mol. The van der Waals surface area contributed by atoms with E-state index in [1.165, 1.54) is 16.8 Å². The van der Waals surface area contributed by atoms with Gasteiger partial charge in [0, 0.05) is 6.54 Å². The van der Waals surface area contributed by atoms with E-state index in [1.807, 2.05) is 0 Å². The molecule has 6 nitrogen and oxygen atoms in total. The van der Waals surface area contributed by atoms with Crippen LogP contribution >= 0.6 is 11.6 Å². The first-order valence-electron chi connectivity index (χ1n) is 5.94. The largest absolute Gasteiger partial charge is 0.481 e. The van der Waals surface area contributed by atoms with Gasteiger partial charge in [0.1, 0.15) is 0 Å². The lowest BCUT2D eigenvalue weighted by Gasteiger charge is -2.08. The second-order valence-electron chi connectivity index (χ2n) is 4.35. The van der Waals surface area contributed by atoms with Crippen LogP contribution in [0.2, 0.25) is 5.02 Å². The van der Waals surface area contributed by atoms with E-state index < -0.39 is 17.7 Å². The number of aromatic nitrogens is 4. The van der Waals surface area contributed by atoms with E-state index >= 15 is 0 Å². The Kier molecular flexibility index (Phi) is 4.29. The molecule has 1 aromatic heterocycles. The van der Waals surface area contributed by atoms with Crippen molar-refractivity contribution in [2.45, 2.75) is 19.9 Å². The summed E-state index contributed by atoms with van der Waals surface area (Å²) in [6.07, 6.45) is 0.343. The minimum atomic E-state index is -0.895. The molecule has 0 bridgehead atoms. The van der Waals surface area contributed by atoms with Gasteiger partial charge in [-0.2, -0.15) is 0 Å². The molecule has 0 fully saturated rings. The summed E-state index contributed by atoms with van der Waals surface area (Å²) in [4.78, 5) is 10.8. The highest BCUT2D eigenvalue weighted by molar-refractivity contribution is 6.31. The lowest BCUT2D eigenvalue weighted by atomic mass is 10.1. The van der Waals surface area contributed by atoms with Gasteiger partial charge < -0.3 is 5.11 Å². The topological polar surface area (TPSA) is 80.9 Å². The second kappa shape index (κ2) is 5.96. The van der Waals surface area contributed by atoms with E-state index in [0.29, 0.717) is 6.42 Å². The van der Waals surface area contributed by atoms with E-state index in [4.69, 9.17) is 16.7 Å². The molecule has 8 heteroatoms. The first-order valence-corrected chi connectivity index (χ1v) is 6.32. The number of aliphatic carboxylic acids is 1. The van der Waals surface area contributed by atoms with Crippen molar-refractivity contribution in [3.63, 3.8) is 0 Å². The maximum Gasteiger partial charge on any atom is 0.306 e. The van der Waals surface area contributed by atoms with Crippen LogP contribution in [0.15, 0.2) is 18.2 Å². The Hall–Kier alpha value is -2.02. The minimum Gasteiger partial charge on any atom is -0.481 e. The third kappa shape index (κ3) is 2.93. The maximum absolute atomic E-state index is 13.9. The highest BCUT2D eigenvalue weighted by Gasteiger charge is 2.17. The van der Waals surface area contributed by atoms with Crippen LogP contribution in [0.5, 0.6) is 0 Å². The molecule has 106 valence electrons. The smallest absolute Gasteiger partial charge is 0.306 e. The zero-order valence-corrected chi connectivity index (χ0v) is 11.4. The third-order valence-electron chi connectivity index (χ3n) is 2.92. The standard InChI is InChI=1S/C12H12ClFN4O2/c1-7(12(19)20)5-6-18-11(15-16-17-18)8-3-2-4-9(13)10(8)14/h2-4,7H,5-6H2,1H3,(H,19,20). The molecule has 2 aromatic rings. The van der Waals surface area contributed by atoms with Crippen molar-refractivity contribution >= 4 is 17.6 Å². The molecule has 0 amide bonds. The summed E-state index contributed by atoms with van der Waals surface area (Å²) >= 11 is 5.72. The first kappa shape index (κ1) is 14.4. The Bertz CT molecular complexity index is 632. The lowest BCUT2D eigenvalue weighted by Crippen LogP contribution is -2.14. The summed E-state index contributed by atoms with van der Waals surface area (Å²) in [5.41, 5.74) is 0.186. The highest BCUT2D eigenvalue weighted by atomic mass is 35.5. The molecule has 1 atom stereocenters. The van der Waals surface area contributed by atoms with Crippen LogP contribution < -0.4 is 0 Å². The second-order valence-corrected chi connectivity index (χ2v) is 4.76. The highest BCUT2D eigenvalue weighted by Crippen LogP contribution is 2.25. The van der Waals surface area contributed by atoms with E-state index in [9.17, 15) is 9.18 Å². The van der Waals surface area contributed by atoms with E-state index in [-0.39, 0.29) is 23.0 Å². The predicted molar refractivity (Wildman–Crippen MR) is 69.6 cm³/mol. The monoisotopic (exact) mass is 298 g/mol. The Morgan fingerprint density at radius 3 is 3.00 bits per heavy atom. The van der Waals surface area contributed by atoms with Crippen molar-refractivity contribution in [2.24, 2.45) is 5.92 Å². The number of carboxylic acids is 1. The molecule has 0 aliphatic rings. The molecule has 0 aliphatic carbocycles. The normalized spacial score (nSPS) is 12.3. The molecule has 1 unspecified atom stereocenters. The van der Waals surface area contributed by atoms with Crippen molar-refractivity contribution < 1.29 is 14.3 Å². The summed E-state index contributed by atoms with van der Waals surface area (Å²) in [7, 11) is 0. The summed E-state index contributed by atoms with van der Waals surface area (Å²) in [5.74, 6) is -1.80. The molecular formula is C12H12ClFN4O2. The molecule has 1 N–H and O–H groups in total. The minimum absolute atomic E-state index is 0.0176. The molecule has 20 heavy (non-hydrogen) atoms. The predicted octanol–water partition coefficient (Wildman–Crippen LogP) is 2.24. The Morgan fingerprint density at radius 1 is 1.55 bits per heavy atom. The van der Waals surface area contributed by atoms with Gasteiger partial charge in [-0.15, -0.1) is 5.10 Å². The number of carbonyl (C=O) groups is 1. The van der Waals surface area contributed by atoms with Crippen LogP contribution in [0.3, 0.4) is 0 Å². The van der Waals surface area contributed by atoms with Gasteiger partial charge in [-0.05, 0) is 29.0 Å². The summed E-state index contributed by atoms with van der Waals surface area (Å²) < 4.78 is 15.3. The molecule has 0 saturated heterocycles. The SMILES string of the molecule is CC(CCn1nnnc1-c1cccc(Cl)c1F)C(=O)O. The number of halogens is 2. The molecule has 0 aliphatic heterocycles. The summed E-state index contributed by atoms with van der Waals surface area (Å²) in [6.45, 7) is 1.87. The van der Waals surface area contributed by atoms with E-state index in [0.717, 1.165) is 0 Å². The molecule has 0 spiro atoms. The third-order valence-corrected chi connectivity index (χ3v) is 3.21. The fourth-order valence-electron chi connectivity index (χ4n) is 1.66. The van der Waals surface area contributed by atoms with Crippen molar-refractivity contribution in [3.8, 4) is 11.4 Å². The van der Waals surface area contributed by atoms with Crippen molar-refractivity contribution in [1.82, 2.24) is 20.2 Å². The van der Waals surface area contributed by atoms with Crippen LogP contribution in [0.4, 0.5) is 4.39 Å². The van der Waals surface area contributed by atoms with Gasteiger partial charge >= 0.3 is 5.97 Å². The van der Waals surface area contributed by atoms with Crippen molar-refractivity contribution in [1.29, 1.82) is 0 Å². The van der Waals surface area contributed by atoms with Gasteiger partial charge in [-0.25, -0.2) is 9.07 Å². The molecule has 0 radical (unpaired) electrons. The van der Waals surface area contributed by atoms with Gasteiger partial charge in [-0.3, -0.25) is 4.79 Å². The van der Waals surface area contributed by atoms with Crippen molar-refractivity contribution in [3.05, 3.63) is 29.0 Å². The van der Waals surface area contributed by atoms with Gasteiger partial charge in [0.15, 0.2) is 11.6 Å². The number of hydrogen-bond donors (Lipinski definition) is 1. The van der Waals surface area contributed by atoms with Gasteiger partial charge in [0.05, 0.1) is 16.5 Å². The molecule has 0 saturated carbocycles. The number of aryl methyl sites for hydroxylation is 1. The van der Waals surface area contributed by atoms with Crippen LogP contribution in [0.25, 0.3) is 11.4 Å². The van der Waals surface area contributed by atoms with Crippen LogP contribution in [-0.4, -0.2) is 31.3 Å². The molecule has 1 heterocycles. The average Bonchev–Trinajstić information content (AvgIpc) is 2.87. The number of hydrogen-bond acceptors (Lipinski definition) is 4. The summed E-state index contributed by atoms with van der Waals surface area (Å²) in [6, 6.07) is 4.55. The number of carboxylic acid groups (broad SMARTS) is 1. The zero-order valence-electron chi connectivity index (χ0n) is 10.6. The number of tetrazole rings is 1. The molecule has 1 aromatic carbocycles. The quantitative estimate of drug-likeness (QED) is 0.915. The number of rotatable bonds is 5. The van der Waals surface area contributed by atoms with Gasteiger partial charge in [0.2, 0.25) is 0 Å². The maximum atomic E-state index is 13.9. The lowest BCUT2D eigenvalue weighted by molar-refractivity contribution is -0.141. The number of nitrogens with zero attached hydrogens (tertiary/aromatic N) is 4. The first-order chi connectivity index (χ1) is 9.50. The zero-order chi connectivity index (χ0) is 14.7. The van der Waals surface area contributed by atoms with Gasteiger partial charge in [-0.1, -0.05) is 24.6 Å². The Labute approximate surface area is 119 Å². The van der Waals surface area contributed by atoms with Crippen LogP contribution in [0, 0.1) is 11.7 Å². The van der Waals surface area contributed by atoms with Gasteiger partial charge in [0.25, 0.3) is 0 Å². The summed E-state index contributed by atoms with van der Waals surface area (Å²) in [5, 5.41) is 19.8. The van der Waals surface area contributed by atoms with E-state index in [2.05, 4.69) is 15.5 Å².